The second-order valence-electron chi connectivity index (χ2n) is 5.84. The minimum atomic E-state index is -1.49. The molecule has 130 valence electrons. The molecule has 0 aromatic heterocycles. The average molecular weight is 325 g/mol. The molecule has 0 bridgehead atoms. The van der Waals surface area contributed by atoms with Gasteiger partial charge in [0, 0.05) is 0 Å². The normalized spacial score (nSPS) is 20.9. The van der Waals surface area contributed by atoms with E-state index < -0.39 is 23.2 Å². The maximum atomic E-state index is 12.3. The summed E-state index contributed by atoms with van der Waals surface area (Å²) in [5.74, 6) is -2.00. The molecule has 0 aromatic carbocycles. The highest BCUT2D eigenvalue weighted by Gasteiger charge is 2.50. The van der Waals surface area contributed by atoms with Crippen LogP contribution >= 0.6 is 0 Å². The van der Waals surface area contributed by atoms with E-state index in [1.807, 2.05) is 0 Å². The lowest BCUT2D eigenvalue weighted by atomic mass is 9.77. The summed E-state index contributed by atoms with van der Waals surface area (Å²) in [6.07, 6.45) is 6.08. The first-order chi connectivity index (χ1) is 11.0. The first-order valence-corrected chi connectivity index (χ1v) is 8.32. The first kappa shape index (κ1) is 19.1. The Bertz CT molecular complexity index is 476. The Labute approximate surface area is 137 Å². The van der Waals surface area contributed by atoms with Crippen molar-refractivity contribution in [3.8, 4) is 0 Å². The summed E-state index contributed by atoms with van der Waals surface area (Å²) in [5, 5.41) is 2.37. The Balaban J connectivity index is 2.75. The van der Waals surface area contributed by atoms with Crippen molar-refractivity contribution in [3.63, 3.8) is 0 Å². The molecule has 1 aliphatic heterocycles. The second-order valence-corrected chi connectivity index (χ2v) is 5.84. The van der Waals surface area contributed by atoms with Crippen LogP contribution in [0.25, 0.3) is 0 Å². The van der Waals surface area contributed by atoms with Crippen molar-refractivity contribution >= 4 is 23.7 Å². The number of esters is 1. The number of nitrogens with zero attached hydrogens (tertiary/aromatic N) is 1. The van der Waals surface area contributed by atoms with E-state index in [0.717, 1.165) is 25.7 Å². The molecule has 1 unspecified atom stereocenters. The number of amides is 2. The molecule has 0 aromatic rings. The maximum absolute atomic E-state index is 12.3. The van der Waals surface area contributed by atoms with E-state index in [1.165, 1.54) is 6.42 Å². The van der Waals surface area contributed by atoms with E-state index in [0.29, 0.717) is 6.42 Å². The zero-order valence-electron chi connectivity index (χ0n) is 14.0. The van der Waals surface area contributed by atoms with Crippen molar-refractivity contribution in [2.75, 3.05) is 6.61 Å². The molecule has 0 saturated heterocycles. The summed E-state index contributed by atoms with van der Waals surface area (Å²) < 4.78 is 4.90. The van der Waals surface area contributed by atoms with Gasteiger partial charge in [-0.05, 0) is 13.3 Å². The number of ether oxygens (including phenoxy) is 1. The van der Waals surface area contributed by atoms with Gasteiger partial charge in [-0.15, -0.1) is 0 Å². The highest BCUT2D eigenvalue weighted by molar-refractivity contribution is 6.19. The van der Waals surface area contributed by atoms with Crippen molar-refractivity contribution in [3.05, 3.63) is 0 Å². The largest absolute Gasteiger partial charge is 0.466 e. The highest BCUT2D eigenvalue weighted by Crippen LogP contribution is 2.34. The zero-order chi connectivity index (χ0) is 17.3. The van der Waals surface area contributed by atoms with Crippen molar-refractivity contribution in [2.45, 2.75) is 65.2 Å². The zero-order valence-corrected chi connectivity index (χ0v) is 14.0. The third-order valence-corrected chi connectivity index (χ3v) is 4.02. The van der Waals surface area contributed by atoms with Crippen LogP contribution in [0.3, 0.4) is 0 Å². The lowest BCUT2D eigenvalue weighted by molar-refractivity contribution is -0.155. The molecule has 1 rings (SSSR count). The number of hydrogen-bond acceptors (Lipinski definition) is 5. The Kier molecular flexibility index (Phi) is 7.71. The number of guanidine groups is 1. The summed E-state index contributed by atoms with van der Waals surface area (Å²) in [6.45, 7) is 4.02. The Morgan fingerprint density at radius 2 is 1.83 bits per heavy atom. The van der Waals surface area contributed by atoms with Crippen LogP contribution in [0.5, 0.6) is 0 Å². The molecule has 1 atom stereocenters. The van der Waals surface area contributed by atoms with Crippen molar-refractivity contribution < 1.29 is 19.1 Å². The lowest BCUT2D eigenvalue weighted by Gasteiger charge is -2.31. The van der Waals surface area contributed by atoms with Crippen LogP contribution in [0.4, 0.5) is 0 Å². The van der Waals surface area contributed by atoms with Gasteiger partial charge in [-0.25, -0.2) is 0 Å². The second kappa shape index (κ2) is 9.27. The maximum Gasteiger partial charge on any atom is 0.307 e. The highest BCUT2D eigenvalue weighted by atomic mass is 16.5. The Hall–Kier alpha value is -1.92. The number of unbranched alkanes of at least 4 members (excludes halogenated alkanes) is 5. The molecule has 23 heavy (non-hydrogen) atoms. The number of hydrogen-bond donors (Lipinski definition) is 2. The van der Waals surface area contributed by atoms with Crippen molar-refractivity contribution in [1.82, 2.24) is 5.32 Å². The van der Waals surface area contributed by atoms with Gasteiger partial charge in [0.05, 0.1) is 13.0 Å². The molecule has 0 saturated carbocycles. The van der Waals surface area contributed by atoms with Crippen LogP contribution < -0.4 is 11.1 Å². The van der Waals surface area contributed by atoms with Gasteiger partial charge in [-0.3, -0.25) is 19.7 Å². The van der Waals surface area contributed by atoms with Crippen LogP contribution in [0, 0.1) is 5.41 Å². The van der Waals surface area contributed by atoms with Gasteiger partial charge in [0.2, 0.25) is 11.9 Å². The lowest BCUT2D eigenvalue weighted by Crippen LogP contribution is -2.55. The monoisotopic (exact) mass is 325 g/mol. The molecule has 1 aliphatic rings. The van der Waals surface area contributed by atoms with E-state index in [4.69, 9.17) is 10.5 Å². The summed E-state index contributed by atoms with van der Waals surface area (Å²) in [4.78, 5) is 40.1. The molecule has 0 radical (unpaired) electrons. The topological polar surface area (TPSA) is 111 Å². The van der Waals surface area contributed by atoms with E-state index in [-0.39, 0.29) is 25.4 Å². The fourth-order valence-corrected chi connectivity index (χ4v) is 2.71. The molecular formula is C16H27N3O4. The Morgan fingerprint density at radius 1 is 1.17 bits per heavy atom. The number of aliphatic imine (C=N–C) groups is 1. The van der Waals surface area contributed by atoms with Crippen LogP contribution in [0.2, 0.25) is 0 Å². The van der Waals surface area contributed by atoms with E-state index in [1.54, 1.807) is 6.92 Å². The average Bonchev–Trinajstić information content (AvgIpc) is 2.48. The third kappa shape index (κ3) is 5.33. The van der Waals surface area contributed by atoms with Gasteiger partial charge in [0.25, 0.3) is 5.91 Å². The summed E-state index contributed by atoms with van der Waals surface area (Å²) >= 11 is 0. The third-order valence-electron chi connectivity index (χ3n) is 4.02. The molecule has 2 amide bonds. The first-order valence-electron chi connectivity index (χ1n) is 8.32. The van der Waals surface area contributed by atoms with Crippen molar-refractivity contribution in [2.24, 2.45) is 16.1 Å². The Morgan fingerprint density at radius 3 is 2.43 bits per heavy atom. The van der Waals surface area contributed by atoms with Gasteiger partial charge in [0.15, 0.2) is 0 Å². The standard InChI is InChI=1S/C16H27N3O4/c1-3-5-6-7-8-9-10-16(11-12(20)23-4-2)13(21)18-15(17)19-14(16)22/h3-11H2,1-2H3,(H3,17,18,19,21,22). The van der Waals surface area contributed by atoms with Gasteiger partial charge in [0.1, 0.15) is 5.41 Å². The van der Waals surface area contributed by atoms with E-state index in [2.05, 4.69) is 17.2 Å². The van der Waals surface area contributed by atoms with Crippen molar-refractivity contribution in [1.29, 1.82) is 0 Å². The summed E-state index contributed by atoms with van der Waals surface area (Å²) in [5.41, 5.74) is 3.93. The molecule has 0 aliphatic carbocycles. The van der Waals surface area contributed by atoms with Gasteiger partial charge < -0.3 is 10.5 Å². The summed E-state index contributed by atoms with van der Waals surface area (Å²) in [7, 11) is 0. The number of rotatable bonds is 10. The fourth-order valence-electron chi connectivity index (χ4n) is 2.71. The molecule has 7 nitrogen and oxygen atoms in total. The predicted octanol–water partition coefficient (Wildman–Crippen LogP) is 1.65. The minimum absolute atomic E-state index is 0.202. The number of nitrogens with two attached hydrogens (primary N) is 1. The van der Waals surface area contributed by atoms with Crippen LogP contribution in [-0.4, -0.2) is 30.4 Å². The van der Waals surface area contributed by atoms with Gasteiger partial charge in [-0.2, -0.15) is 4.99 Å². The van der Waals surface area contributed by atoms with Crippen LogP contribution in [0.1, 0.15) is 65.2 Å². The molecule has 1 heterocycles. The quantitative estimate of drug-likeness (QED) is 0.360. The van der Waals surface area contributed by atoms with E-state index in [9.17, 15) is 14.4 Å². The number of carbonyl (C=O) groups is 3. The molecular weight excluding hydrogens is 298 g/mol. The minimum Gasteiger partial charge on any atom is -0.466 e. The molecule has 0 fully saturated rings. The number of nitrogens with one attached hydrogen (secondary N) is 1. The molecule has 3 N–H and O–H groups in total. The molecule has 0 spiro atoms. The molecule has 7 heteroatoms. The van der Waals surface area contributed by atoms with Crippen LogP contribution in [-0.2, 0) is 19.1 Å². The fraction of sp³-hybridized carbons (Fsp3) is 0.750. The van der Waals surface area contributed by atoms with Gasteiger partial charge in [-0.1, -0.05) is 45.4 Å². The number of carbonyl (C=O) groups excluding carboxylic acids is 3. The smallest absolute Gasteiger partial charge is 0.307 e. The van der Waals surface area contributed by atoms with Gasteiger partial charge >= 0.3 is 5.97 Å². The predicted molar refractivity (Wildman–Crippen MR) is 86.4 cm³/mol. The SMILES string of the molecule is CCCCCCCCC1(CC(=O)OCC)C(=O)N=C(N)NC1=O. The summed E-state index contributed by atoms with van der Waals surface area (Å²) in [6, 6.07) is 0. The van der Waals surface area contributed by atoms with Crippen LogP contribution in [0.15, 0.2) is 4.99 Å². The van der Waals surface area contributed by atoms with E-state index >= 15 is 0 Å².